The Labute approximate surface area is 210 Å². The molecule has 1 aliphatic carbocycles. The zero-order valence-electron chi connectivity index (χ0n) is 21.2. The van der Waals surface area contributed by atoms with Crippen LogP contribution < -0.4 is 5.32 Å². The van der Waals surface area contributed by atoms with Crippen LogP contribution in [0.1, 0.15) is 102 Å². The van der Waals surface area contributed by atoms with E-state index in [2.05, 4.69) is 18.3 Å². The number of carboxylic acid groups (broad SMARTS) is 1. The minimum absolute atomic E-state index is 0.0556. The van der Waals surface area contributed by atoms with Crippen LogP contribution in [0.15, 0.2) is 42.5 Å². The Morgan fingerprint density at radius 2 is 1.83 bits per heavy atom. The third-order valence-corrected chi connectivity index (χ3v) is 6.92. The first-order chi connectivity index (χ1) is 16.9. The monoisotopic (exact) mass is 485 g/mol. The largest absolute Gasteiger partial charge is 0.481 e. The normalized spacial score (nSPS) is 19.7. The number of hydrogen-bond donors (Lipinski definition) is 3. The molecule has 4 unspecified atom stereocenters. The molecule has 6 nitrogen and oxygen atoms in total. The summed E-state index contributed by atoms with van der Waals surface area (Å²) in [6, 6.07) is 8.66. The van der Waals surface area contributed by atoms with Crippen LogP contribution in [0.2, 0.25) is 0 Å². The number of hydrogen-bond acceptors (Lipinski definition) is 4. The molecular weight excluding hydrogens is 442 g/mol. The third kappa shape index (κ3) is 11.2. The highest BCUT2D eigenvalue weighted by Gasteiger charge is 2.32. The number of allylic oxidation sites excluding steroid dienone is 1. The van der Waals surface area contributed by atoms with Gasteiger partial charge in [-0.2, -0.15) is 0 Å². The van der Waals surface area contributed by atoms with E-state index >= 15 is 0 Å². The second kappa shape index (κ2) is 16.2. The van der Waals surface area contributed by atoms with Gasteiger partial charge in [0.25, 0.3) is 0 Å². The number of aliphatic carboxylic acids is 1. The van der Waals surface area contributed by atoms with Crippen LogP contribution in [-0.2, 0) is 14.4 Å². The van der Waals surface area contributed by atoms with Crippen LogP contribution in [0, 0.1) is 11.8 Å². The molecule has 1 aliphatic rings. The van der Waals surface area contributed by atoms with Gasteiger partial charge in [0.15, 0.2) is 0 Å². The summed E-state index contributed by atoms with van der Waals surface area (Å²) >= 11 is 0. The number of unbranched alkanes of at least 4 members (excludes halogenated alkanes) is 5. The van der Waals surface area contributed by atoms with Crippen molar-refractivity contribution in [2.75, 3.05) is 0 Å². The number of Topliss-reactive ketones (excluding diaryl/α,β-unsaturated/α-hetero) is 1. The van der Waals surface area contributed by atoms with Crippen LogP contribution in [0.25, 0.3) is 0 Å². The van der Waals surface area contributed by atoms with Gasteiger partial charge in [-0.3, -0.25) is 14.4 Å². The molecule has 1 aromatic rings. The van der Waals surface area contributed by atoms with Crippen molar-refractivity contribution in [3.8, 4) is 0 Å². The Kier molecular flexibility index (Phi) is 13.4. The standard InChI is InChI=1S/C29H43NO5/c1-2-3-7-14-24(31)19-17-22-18-20-27(32)25(22)15-10-4-5-11-16-28(33)30-26(21-29(34)35)23-12-8-6-9-13-23/h6,8-9,12-13,17,19,22,24-26,31H,2-5,7,10-11,14-16,18,20-21H2,1H3,(H,30,33)(H,34,35). The van der Waals surface area contributed by atoms with Crippen molar-refractivity contribution < 1.29 is 24.6 Å². The molecule has 0 aromatic heterocycles. The minimum Gasteiger partial charge on any atom is -0.481 e. The van der Waals surface area contributed by atoms with Crippen molar-refractivity contribution in [3.63, 3.8) is 0 Å². The minimum atomic E-state index is -0.945. The van der Waals surface area contributed by atoms with Gasteiger partial charge in [-0.25, -0.2) is 0 Å². The van der Waals surface area contributed by atoms with Crippen molar-refractivity contribution in [1.29, 1.82) is 0 Å². The van der Waals surface area contributed by atoms with Gasteiger partial charge in [0, 0.05) is 18.8 Å². The molecule has 0 spiro atoms. The Morgan fingerprint density at radius 3 is 2.54 bits per heavy atom. The van der Waals surface area contributed by atoms with Crippen molar-refractivity contribution in [2.45, 2.75) is 103 Å². The fourth-order valence-electron chi connectivity index (χ4n) is 4.89. The third-order valence-electron chi connectivity index (χ3n) is 6.92. The number of carbonyl (C=O) groups excluding carboxylic acids is 2. The maximum absolute atomic E-state index is 12.4. The van der Waals surface area contributed by atoms with E-state index in [1.54, 1.807) is 0 Å². The molecule has 3 N–H and O–H groups in total. The molecule has 35 heavy (non-hydrogen) atoms. The first kappa shape index (κ1) is 28.8. The summed E-state index contributed by atoms with van der Waals surface area (Å²) in [7, 11) is 0. The molecule has 1 fully saturated rings. The maximum atomic E-state index is 12.4. The van der Waals surface area contributed by atoms with E-state index < -0.39 is 18.1 Å². The highest BCUT2D eigenvalue weighted by atomic mass is 16.4. The van der Waals surface area contributed by atoms with Gasteiger partial charge in [-0.05, 0) is 37.2 Å². The molecule has 2 rings (SSSR count). The van der Waals surface area contributed by atoms with E-state index in [9.17, 15) is 24.6 Å². The highest BCUT2D eigenvalue weighted by molar-refractivity contribution is 5.83. The fraction of sp³-hybridized carbons (Fsp3) is 0.621. The fourth-order valence-corrected chi connectivity index (χ4v) is 4.89. The van der Waals surface area contributed by atoms with Gasteiger partial charge < -0.3 is 15.5 Å². The van der Waals surface area contributed by atoms with Crippen LogP contribution >= 0.6 is 0 Å². The summed E-state index contributed by atoms with van der Waals surface area (Å²) < 4.78 is 0. The quantitative estimate of drug-likeness (QED) is 0.192. The molecular formula is C29H43NO5. The number of aliphatic hydroxyl groups is 1. The maximum Gasteiger partial charge on any atom is 0.305 e. The molecule has 0 bridgehead atoms. The van der Waals surface area contributed by atoms with E-state index in [4.69, 9.17) is 0 Å². The predicted molar refractivity (Wildman–Crippen MR) is 138 cm³/mol. The van der Waals surface area contributed by atoms with E-state index in [0.717, 1.165) is 69.8 Å². The summed E-state index contributed by atoms with van der Waals surface area (Å²) in [6.07, 6.45) is 13.8. The molecule has 0 heterocycles. The van der Waals surface area contributed by atoms with Gasteiger partial charge in [-0.1, -0.05) is 87.9 Å². The Bertz CT molecular complexity index is 807. The lowest BCUT2D eigenvalue weighted by Gasteiger charge is -2.17. The van der Waals surface area contributed by atoms with Gasteiger partial charge in [0.1, 0.15) is 5.78 Å². The number of benzene rings is 1. The van der Waals surface area contributed by atoms with Crippen molar-refractivity contribution in [2.24, 2.45) is 11.8 Å². The number of nitrogens with one attached hydrogen (secondary N) is 1. The lowest BCUT2D eigenvalue weighted by Crippen LogP contribution is -2.29. The van der Waals surface area contributed by atoms with Crippen molar-refractivity contribution >= 4 is 17.7 Å². The lowest BCUT2D eigenvalue weighted by atomic mass is 9.89. The molecule has 1 aromatic carbocycles. The summed E-state index contributed by atoms with van der Waals surface area (Å²) in [5.74, 6) is -0.447. The summed E-state index contributed by atoms with van der Waals surface area (Å²) in [5.41, 5.74) is 0.793. The summed E-state index contributed by atoms with van der Waals surface area (Å²) in [6.45, 7) is 2.15. The van der Waals surface area contributed by atoms with Crippen LogP contribution in [-0.4, -0.2) is 34.0 Å². The average molecular weight is 486 g/mol. The van der Waals surface area contributed by atoms with E-state index in [0.29, 0.717) is 18.6 Å². The Hall–Kier alpha value is -2.47. The number of carbonyl (C=O) groups is 3. The molecule has 6 heteroatoms. The summed E-state index contributed by atoms with van der Waals surface area (Å²) in [4.78, 5) is 35.9. The molecule has 4 atom stereocenters. The van der Waals surface area contributed by atoms with Crippen LogP contribution in [0.3, 0.4) is 0 Å². The van der Waals surface area contributed by atoms with Gasteiger partial charge >= 0.3 is 5.97 Å². The SMILES string of the molecule is CCCCCC(O)C=CC1CCC(=O)C1CCCCCCC(=O)NC(CC(=O)O)c1ccccc1. The first-order valence-electron chi connectivity index (χ1n) is 13.4. The zero-order valence-corrected chi connectivity index (χ0v) is 21.2. The van der Waals surface area contributed by atoms with E-state index in [-0.39, 0.29) is 24.2 Å². The molecule has 1 saturated carbocycles. The number of carboxylic acids is 1. The number of amides is 1. The van der Waals surface area contributed by atoms with Gasteiger partial charge in [0.2, 0.25) is 5.91 Å². The van der Waals surface area contributed by atoms with Gasteiger partial charge in [-0.15, -0.1) is 0 Å². The van der Waals surface area contributed by atoms with Crippen LogP contribution in [0.5, 0.6) is 0 Å². The average Bonchev–Trinajstić information content (AvgIpc) is 3.19. The number of rotatable bonds is 17. The second-order valence-corrected chi connectivity index (χ2v) is 9.80. The van der Waals surface area contributed by atoms with Gasteiger partial charge in [0.05, 0.1) is 18.6 Å². The zero-order chi connectivity index (χ0) is 25.5. The van der Waals surface area contributed by atoms with E-state index in [1.165, 1.54) is 0 Å². The molecule has 0 radical (unpaired) electrons. The van der Waals surface area contributed by atoms with Crippen LogP contribution in [0.4, 0.5) is 0 Å². The first-order valence-corrected chi connectivity index (χ1v) is 13.4. The molecule has 0 aliphatic heterocycles. The smallest absolute Gasteiger partial charge is 0.305 e. The Balaban J connectivity index is 1.67. The predicted octanol–water partition coefficient (Wildman–Crippen LogP) is 5.75. The molecule has 1 amide bonds. The number of ketones is 1. The highest BCUT2D eigenvalue weighted by Crippen LogP contribution is 2.34. The lowest BCUT2D eigenvalue weighted by molar-refractivity contribution is -0.137. The Morgan fingerprint density at radius 1 is 1.09 bits per heavy atom. The molecule has 194 valence electrons. The topological polar surface area (TPSA) is 104 Å². The second-order valence-electron chi connectivity index (χ2n) is 9.80. The van der Waals surface area contributed by atoms with E-state index in [1.807, 2.05) is 36.4 Å². The van der Waals surface area contributed by atoms with Crippen molar-refractivity contribution in [1.82, 2.24) is 5.32 Å². The molecule has 0 saturated heterocycles. The number of aliphatic hydroxyl groups excluding tert-OH is 1. The summed E-state index contributed by atoms with van der Waals surface area (Å²) in [5, 5.41) is 22.2. The van der Waals surface area contributed by atoms with Crippen molar-refractivity contribution in [3.05, 3.63) is 48.0 Å².